The second-order valence-corrected chi connectivity index (χ2v) is 1.17. The Hall–Kier alpha value is -0.660. The fourth-order valence-electron chi connectivity index (χ4n) is 0. The van der Waals surface area contributed by atoms with Crippen molar-refractivity contribution < 1.29 is 10.2 Å². The van der Waals surface area contributed by atoms with Gasteiger partial charge in [-0.15, -0.1) is 0 Å². The first-order valence-electron chi connectivity index (χ1n) is 1.70. The third-order valence-electron chi connectivity index (χ3n) is 0.524. The Morgan fingerprint density at radius 2 is 1.17 bits per heavy atom. The maximum absolute atomic E-state index is 8.26. The zero-order chi connectivity index (χ0) is 5.15. The zero-order valence-corrected chi connectivity index (χ0v) is 3.89. The van der Waals surface area contributed by atoms with Crippen molar-refractivity contribution in [3.8, 4) is 0 Å². The maximum atomic E-state index is 8.26. The van der Waals surface area contributed by atoms with Gasteiger partial charge in [-0.1, -0.05) is 0 Å². The summed E-state index contributed by atoms with van der Waals surface area (Å²) in [5.41, 5.74) is 0. The van der Waals surface area contributed by atoms with Gasteiger partial charge in [-0.05, 0) is 13.8 Å². The molecule has 0 unspecified atom stereocenters. The molecule has 2 nitrogen and oxygen atoms in total. The van der Waals surface area contributed by atoms with E-state index in [1.54, 1.807) is 0 Å². The monoisotopic (exact) mass is 88.1 g/mol. The lowest BCUT2D eigenvalue weighted by atomic mass is 10.5. The molecule has 0 amide bonds. The Labute approximate surface area is 36.7 Å². The first-order chi connectivity index (χ1) is 2.64. The number of aliphatic hydroxyl groups is 2. The summed E-state index contributed by atoms with van der Waals surface area (Å²) in [6.45, 7) is 2.85. The van der Waals surface area contributed by atoms with Gasteiger partial charge in [0.25, 0.3) is 0 Å². The normalized spacial score (nSPS) is 13.7. The smallest absolute Gasteiger partial charge is 0.126 e. The molecule has 0 atom stereocenters. The van der Waals surface area contributed by atoms with Gasteiger partial charge in [-0.3, -0.25) is 0 Å². The topological polar surface area (TPSA) is 40.5 Å². The molecule has 0 heterocycles. The van der Waals surface area contributed by atoms with Gasteiger partial charge in [0.15, 0.2) is 0 Å². The van der Waals surface area contributed by atoms with Crippen molar-refractivity contribution in [1.29, 1.82) is 0 Å². The van der Waals surface area contributed by atoms with Crippen molar-refractivity contribution in [3.63, 3.8) is 0 Å². The van der Waals surface area contributed by atoms with E-state index in [1.165, 1.54) is 13.8 Å². The van der Waals surface area contributed by atoms with Gasteiger partial charge in [-0.25, -0.2) is 0 Å². The molecule has 2 heteroatoms. The average molecular weight is 88.1 g/mol. The number of allylic oxidation sites excluding steroid dienone is 2. The molecular formula is C4H8O2. The van der Waals surface area contributed by atoms with Gasteiger partial charge in [0.05, 0.1) is 0 Å². The number of rotatable bonds is 0. The van der Waals surface area contributed by atoms with E-state index in [1.807, 2.05) is 0 Å². The van der Waals surface area contributed by atoms with Crippen molar-refractivity contribution in [2.24, 2.45) is 0 Å². The van der Waals surface area contributed by atoms with Crippen molar-refractivity contribution in [2.75, 3.05) is 0 Å². The van der Waals surface area contributed by atoms with Gasteiger partial charge in [-0.2, -0.15) is 0 Å². The molecule has 0 bridgehead atoms. The van der Waals surface area contributed by atoms with Crippen molar-refractivity contribution in [2.45, 2.75) is 13.8 Å². The van der Waals surface area contributed by atoms with Gasteiger partial charge in [0, 0.05) is 0 Å². The minimum Gasteiger partial charge on any atom is -0.509 e. The Morgan fingerprint density at radius 1 is 1.00 bits per heavy atom. The van der Waals surface area contributed by atoms with Crippen LogP contribution in [0.5, 0.6) is 0 Å². The average Bonchev–Trinajstić information content (AvgIpc) is 1.36. The largest absolute Gasteiger partial charge is 0.509 e. The molecule has 0 fully saturated rings. The molecule has 0 aromatic rings. The number of aliphatic hydroxyl groups excluding tert-OH is 2. The van der Waals surface area contributed by atoms with Crippen LogP contribution in [0, 0.1) is 0 Å². The Morgan fingerprint density at radius 3 is 1.17 bits per heavy atom. The first-order valence-corrected chi connectivity index (χ1v) is 1.70. The maximum Gasteiger partial charge on any atom is 0.126 e. The summed E-state index contributed by atoms with van der Waals surface area (Å²) in [7, 11) is 0. The summed E-state index contributed by atoms with van der Waals surface area (Å²) in [5.74, 6) is -0.0370. The summed E-state index contributed by atoms with van der Waals surface area (Å²) in [4.78, 5) is 0. The molecule has 0 saturated heterocycles. The summed E-state index contributed by atoms with van der Waals surface area (Å²) >= 11 is 0. The summed E-state index contributed by atoms with van der Waals surface area (Å²) < 4.78 is 0. The molecule has 0 radical (unpaired) electrons. The van der Waals surface area contributed by atoms with E-state index in [2.05, 4.69) is 0 Å². The molecule has 0 aromatic heterocycles. The first kappa shape index (κ1) is 5.34. The van der Waals surface area contributed by atoms with Crippen LogP contribution in [0.2, 0.25) is 0 Å². The van der Waals surface area contributed by atoms with Crippen LogP contribution in [0.3, 0.4) is 0 Å². The Bertz CT molecular complexity index is 55.6. The van der Waals surface area contributed by atoms with E-state index in [0.29, 0.717) is 0 Å². The van der Waals surface area contributed by atoms with E-state index in [-0.39, 0.29) is 11.5 Å². The van der Waals surface area contributed by atoms with Crippen molar-refractivity contribution >= 4 is 0 Å². The van der Waals surface area contributed by atoms with Gasteiger partial charge >= 0.3 is 0 Å². The van der Waals surface area contributed by atoms with Gasteiger partial charge < -0.3 is 10.2 Å². The fraction of sp³-hybridized carbons (Fsp3) is 0.500. The Kier molecular flexibility index (Phi) is 1.51. The molecule has 36 valence electrons. The lowest BCUT2D eigenvalue weighted by Gasteiger charge is -1.86. The van der Waals surface area contributed by atoms with E-state index in [9.17, 15) is 0 Å². The van der Waals surface area contributed by atoms with E-state index in [4.69, 9.17) is 10.2 Å². The molecule has 0 saturated carbocycles. The molecule has 0 rings (SSSR count). The summed E-state index contributed by atoms with van der Waals surface area (Å²) in [5, 5.41) is 16.5. The second-order valence-electron chi connectivity index (χ2n) is 1.17. The number of hydrogen-bond acceptors (Lipinski definition) is 2. The predicted octanol–water partition coefficient (Wildman–Crippen LogP) is 1.35. The van der Waals surface area contributed by atoms with Crippen LogP contribution in [0.15, 0.2) is 11.5 Å². The molecule has 6 heavy (non-hydrogen) atoms. The standard InChI is InChI=1S/C4H8O2/c1-3(5)4(2)6/h5-6H,1-2H3/b4-3-. The SMILES string of the molecule is C/C(O)=C(\C)O. The molecule has 0 aromatic carbocycles. The van der Waals surface area contributed by atoms with Crippen LogP contribution in [0.1, 0.15) is 13.8 Å². The molecule has 2 N–H and O–H groups in total. The minimum atomic E-state index is -0.0185. The highest BCUT2D eigenvalue weighted by Crippen LogP contribution is 1.89. The van der Waals surface area contributed by atoms with Crippen LogP contribution in [-0.4, -0.2) is 10.2 Å². The van der Waals surface area contributed by atoms with Crippen LogP contribution in [0.4, 0.5) is 0 Å². The van der Waals surface area contributed by atoms with Crippen molar-refractivity contribution in [1.82, 2.24) is 0 Å². The summed E-state index contributed by atoms with van der Waals surface area (Å²) in [6, 6.07) is 0. The highest BCUT2D eigenvalue weighted by molar-refractivity contribution is 4.89. The molecule has 0 aliphatic carbocycles. The highest BCUT2D eigenvalue weighted by Gasteiger charge is 1.82. The molecule has 0 spiro atoms. The molecular weight excluding hydrogens is 80.0 g/mol. The third-order valence-corrected chi connectivity index (χ3v) is 0.524. The van der Waals surface area contributed by atoms with E-state index < -0.39 is 0 Å². The summed E-state index contributed by atoms with van der Waals surface area (Å²) in [6.07, 6.45) is 0. The molecule has 0 aliphatic heterocycles. The molecule has 0 aliphatic rings. The van der Waals surface area contributed by atoms with Crippen LogP contribution < -0.4 is 0 Å². The Balaban J connectivity index is 3.68. The number of hydrogen-bond donors (Lipinski definition) is 2. The van der Waals surface area contributed by atoms with Gasteiger partial charge in [0.1, 0.15) is 11.5 Å². The second kappa shape index (κ2) is 1.70. The van der Waals surface area contributed by atoms with E-state index >= 15 is 0 Å². The highest BCUT2D eigenvalue weighted by atomic mass is 16.3. The van der Waals surface area contributed by atoms with Crippen LogP contribution >= 0.6 is 0 Å². The van der Waals surface area contributed by atoms with Crippen LogP contribution in [-0.2, 0) is 0 Å². The van der Waals surface area contributed by atoms with E-state index in [0.717, 1.165) is 0 Å². The van der Waals surface area contributed by atoms with Gasteiger partial charge in [0.2, 0.25) is 0 Å². The zero-order valence-electron chi connectivity index (χ0n) is 3.89. The lowest BCUT2D eigenvalue weighted by molar-refractivity contribution is 0.328. The quantitative estimate of drug-likeness (QED) is 0.439. The predicted molar refractivity (Wildman–Crippen MR) is 23.6 cm³/mol. The minimum absolute atomic E-state index is 0.0185. The fourth-order valence-corrected chi connectivity index (χ4v) is 0. The third kappa shape index (κ3) is 1.64. The van der Waals surface area contributed by atoms with Crippen molar-refractivity contribution in [3.05, 3.63) is 11.5 Å². The van der Waals surface area contributed by atoms with Crippen LogP contribution in [0.25, 0.3) is 0 Å². The lowest BCUT2D eigenvalue weighted by Crippen LogP contribution is -1.76.